The number of anilines is 1. The Labute approximate surface area is 170 Å². The first-order valence-corrected chi connectivity index (χ1v) is 10.6. The maximum Gasteiger partial charge on any atom is 0.344 e. The van der Waals surface area contributed by atoms with Crippen molar-refractivity contribution in [3.05, 3.63) is 52.5 Å². The fourth-order valence-corrected chi connectivity index (χ4v) is 4.63. The van der Waals surface area contributed by atoms with Crippen LogP contribution >= 0.6 is 27.3 Å². The molecule has 1 aromatic heterocycles. The van der Waals surface area contributed by atoms with Crippen molar-refractivity contribution in [2.24, 2.45) is 0 Å². The van der Waals surface area contributed by atoms with E-state index < -0.39 is 0 Å². The summed E-state index contributed by atoms with van der Waals surface area (Å²) in [5, 5.41) is 1.04. The van der Waals surface area contributed by atoms with Gasteiger partial charge in [-0.1, -0.05) is 30.4 Å². The predicted molar refractivity (Wildman–Crippen MR) is 113 cm³/mol. The molecule has 27 heavy (non-hydrogen) atoms. The first-order chi connectivity index (χ1) is 13.1. The average molecular weight is 446 g/mol. The summed E-state index contributed by atoms with van der Waals surface area (Å²) in [5.74, 6) is 0.163. The van der Waals surface area contributed by atoms with Gasteiger partial charge in [0.15, 0.2) is 5.13 Å². The van der Waals surface area contributed by atoms with Gasteiger partial charge >= 0.3 is 5.97 Å². The molecule has 7 heteroatoms. The summed E-state index contributed by atoms with van der Waals surface area (Å²) < 4.78 is 7.31. The molecule has 1 saturated heterocycles. The highest BCUT2D eigenvalue weighted by Crippen LogP contribution is 2.32. The molecule has 0 amide bonds. The van der Waals surface area contributed by atoms with E-state index in [0.29, 0.717) is 11.3 Å². The Kier molecular flexibility index (Phi) is 5.43. The Hall–Kier alpha value is -1.96. The number of ether oxygens (including phenoxy) is 1. The average Bonchev–Trinajstić information content (AvgIpc) is 3.11. The predicted octanol–water partition coefficient (Wildman–Crippen LogP) is 4.42. The molecule has 2 aromatic carbocycles. The van der Waals surface area contributed by atoms with E-state index in [1.54, 1.807) is 23.5 Å². The number of hydrogen-bond donors (Lipinski definition) is 0. The molecule has 3 aromatic rings. The van der Waals surface area contributed by atoms with Gasteiger partial charge in [-0.3, -0.25) is 0 Å². The van der Waals surface area contributed by atoms with Crippen LogP contribution in [0.2, 0.25) is 0 Å². The third kappa shape index (κ3) is 4.00. The van der Waals surface area contributed by atoms with Gasteiger partial charge in [-0.15, -0.1) is 0 Å². The number of hydrogen-bond acceptors (Lipinski definition) is 6. The van der Waals surface area contributed by atoms with Gasteiger partial charge in [-0.2, -0.15) is 0 Å². The van der Waals surface area contributed by atoms with Crippen molar-refractivity contribution in [1.29, 1.82) is 0 Å². The molecular formula is C20H20BrN3O2S. The Morgan fingerprint density at radius 1 is 1.19 bits per heavy atom. The molecule has 0 saturated carbocycles. The lowest BCUT2D eigenvalue weighted by atomic mass is 10.2. The molecule has 0 atom stereocenters. The molecule has 4 rings (SSSR count). The minimum Gasteiger partial charge on any atom is -0.423 e. The van der Waals surface area contributed by atoms with Crippen LogP contribution < -0.4 is 9.64 Å². The first-order valence-electron chi connectivity index (χ1n) is 8.98. The van der Waals surface area contributed by atoms with E-state index in [2.05, 4.69) is 32.7 Å². The topological polar surface area (TPSA) is 45.7 Å². The Balaban J connectivity index is 1.51. The fraction of sp³-hybridized carbons (Fsp3) is 0.300. The number of nitrogens with zero attached hydrogens (tertiary/aromatic N) is 3. The normalized spacial score (nSPS) is 15.3. The molecule has 1 aliphatic heterocycles. The van der Waals surface area contributed by atoms with Crippen molar-refractivity contribution in [2.45, 2.75) is 6.92 Å². The van der Waals surface area contributed by atoms with Crippen LogP contribution in [0.5, 0.6) is 5.75 Å². The standard InChI is InChI=1S/C20H20BrN3O2S/c1-2-23-9-11-24(12-10-23)20-22-17-8-7-14(13-18(17)27-20)26-19(25)15-5-3-4-6-16(15)21/h3-8,13H,2,9-12H2,1H3. The fourth-order valence-electron chi connectivity index (χ4n) is 3.14. The van der Waals surface area contributed by atoms with E-state index in [9.17, 15) is 4.79 Å². The highest BCUT2D eigenvalue weighted by atomic mass is 79.9. The molecule has 0 unspecified atom stereocenters. The van der Waals surface area contributed by atoms with Crippen molar-refractivity contribution in [3.8, 4) is 5.75 Å². The third-order valence-electron chi connectivity index (χ3n) is 4.74. The maximum atomic E-state index is 12.4. The van der Waals surface area contributed by atoms with Gasteiger partial charge in [0.05, 0.1) is 15.8 Å². The molecular weight excluding hydrogens is 426 g/mol. The lowest BCUT2D eigenvalue weighted by Crippen LogP contribution is -2.46. The van der Waals surface area contributed by atoms with E-state index >= 15 is 0 Å². The summed E-state index contributed by atoms with van der Waals surface area (Å²) in [7, 11) is 0. The summed E-state index contributed by atoms with van der Waals surface area (Å²) in [6.07, 6.45) is 0. The monoisotopic (exact) mass is 445 g/mol. The zero-order chi connectivity index (χ0) is 18.8. The molecule has 1 aliphatic rings. The lowest BCUT2D eigenvalue weighted by Gasteiger charge is -2.33. The third-order valence-corrected chi connectivity index (χ3v) is 6.51. The van der Waals surface area contributed by atoms with Crippen LogP contribution in [0.15, 0.2) is 46.9 Å². The van der Waals surface area contributed by atoms with Gasteiger partial charge in [0.1, 0.15) is 5.75 Å². The zero-order valence-electron chi connectivity index (χ0n) is 15.0. The number of aromatic nitrogens is 1. The van der Waals surface area contributed by atoms with Crippen LogP contribution in [0.25, 0.3) is 10.2 Å². The lowest BCUT2D eigenvalue weighted by molar-refractivity contribution is 0.0734. The second-order valence-electron chi connectivity index (χ2n) is 6.42. The molecule has 2 heterocycles. The summed E-state index contributed by atoms with van der Waals surface area (Å²) in [4.78, 5) is 21.9. The van der Waals surface area contributed by atoms with Crippen molar-refractivity contribution in [3.63, 3.8) is 0 Å². The van der Waals surface area contributed by atoms with Crippen LogP contribution in [-0.2, 0) is 0 Å². The molecule has 0 spiro atoms. The van der Waals surface area contributed by atoms with Crippen LogP contribution in [0.3, 0.4) is 0 Å². The Morgan fingerprint density at radius 2 is 1.96 bits per heavy atom. The molecule has 140 valence electrons. The maximum absolute atomic E-state index is 12.4. The van der Waals surface area contributed by atoms with Crippen LogP contribution in [0, 0.1) is 0 Å². The first kappa shape index (κ1) is 18.4. The highest BCUT2D eigenvalue weighted by molar-refractivity contribution is 9.10. The molecule has 0 radical (unpaired) electrons. The molecule has 0 bridgehead atoms. The summed E-state index contributed by atoms with van der Waals surface area (Å²) >= 11 is 5.04. The quantitative estimate of drug-likeness (QED) is 0.439. The van der Waals surface area contributed by atoms with Gasteiger partial charge in [-0.25, -0.2) is 9.78 Å². The number of carbonyl (C=O) groups excluding carboxylic acids is 1. The second-order valence-corrected chi connectivity index (χ2v) is 8.28. The number of carbonyl (C=O) groups is 1. The van der Waals surface area contributed by atoms with Gasteiger partial charge < -0.3 is 14.5 Å². The number of thiazole rings is 1. The summed E-state index contributed by atoms with van der Waals surface area (Å²) in [6.45, 7) is 7.43. The highest BCUT2D eigenvalue weighted by Gasteiger charge is 2.19. The molecule has 0 N–H and O–H groups in total. The van der Waals surface area contributed by atoms with E-state index in [4.69, 9.17) is 9.72 Å². The second kappa shape index (κ2) is 7.96. The van der Waals surface area contributed by atoms with Crippen molar-refractivity contribution in [1.82, 2.24) is 9.88 Å². The largest absolute Gasteiger partial charge is 0.423 e. The van der Waals surface area contributed by atoms with E-state index in [1.165, 1.54) is 0 Å². The number of piperazine rings is 1. The van der Waals surface area contributed by atoms with Gasteiger partial charge in [0.25, 0.3) is 0 Å². The minimum atomic E-state index is -0.373. The Morgan fingerprint density at radius 3 is 2.70 bits per heavy atom. The van der Waals surface area contributed by atoms with Crippen molar-refractivity contribution < 1.29 is 9.53 Å². The van der Waals surface area contributed by atoms with Crippen LogP contribution in [-0.4, -0.2) is 48.6 Å². The minimum absolute atomic E-state index is 0.373. The molecule has 5 nitrogen and oxygen atoms in total. The number of benzene rings is 2. The number of likely N-dealkylation sites (N-methyl/N-ethyl adjacent to an activating group) is 1. The molecule has 0 aliphatic carbocycles. The van der Waals surface area contributed by atoms with Gasteiger partial charge in [0.2, 0.25) is 0 Å². The smallest absolute Gasteiger partial charge is 0.344 e. The van der Waals surface area contributed by atoms with Crippen molar-refractivity contribution in [2.75, 3.05) is 37.6 Å². The van der Waals surface area contributed by atoms with Crippen molar-refractivity contribution >= 4 is 48.6 Å². The van der Waals surface area contributed by atoms with E-state index in [-0.39, 0.29) is 5.97 Å². The van der Waals surface area contributed by atoms with Gasteiger partial charge in [-0.05, 0) is 46.7 Å². The van der Waals surface area contributed by atoms with Crippen LogP contribution in [0.4, 0.5) is 5.13 Å². The SMILES string of the molecule is CCN1CCN(c2nc3ccc(OC(=O)c4ccccc4Br)cc3s2)CC1. The summed E-state index contributed by atoms with van der Waals surface area (Å²) in [6, 6.07) is 12.9. The molecule has 1 fully saturated rings. The van der Waals surface area contributed by atoms with E-state index in [0.717, 1.165) is 52.5 Å². The van der Waals surface area contributed by atoms with Gasteiger partial charge in [0, 0.05) is 36.7 Å². The number of rotatable bonds is 4. The number of esters is 1. The number of halogens is 1. The van der Waals surface area contributed by atoms with E-state index in [1.807, 2.05) is 30.3 Å². The summed E-state index contributed by atoms with van der Waals surface area (Å²) in [5.41, 5.74) is 1.45. The Bertz CT molecular complexity index is 967. The number of fused-ring (bicyclic) bond motifs is 1. The van der Waals surface area contributed by atoms with Crippen LogP contribution in [0.1, 0.15) is 17.3 Å². The zero-order valence-corrected chi connectivity index (χ0v) is 17.4.